The number of phosphoric ester groups is 1. The van der Waals surface area contributed by atoms with Crippen molar-refractivity contribution in [1.29, 1.82) is 0 Å². The second kappa shape index (κ2) is 16.5. The van der Waals surface area contributed by atoms with E-state index in [1.54, 1.807) is 6.92 Å². The predicted octanol–water partition coefficient (Wildman–Crippen LogP) is -1.47. The van der Waals surface area contributed by atoms with Gasteiger partial charge in [0.05, 0.1) is 12.6 Å². The molecule has 17 nitrogen and oxygen atoms in total. The number of hydrogen-bond donors (Lipinski definition) is 8. The van der Waals surface area contributed by atoms with Crippen LogP contribution in [0.2, 0.25) is 0 Å². The third-order valence-electron chi connectivity index (χ3n) is 7.64. The van der Waals surface area contributed by atoms with Crippen LogP contribution in [0.25, 0.3) is 0 Å². The molecule has 1 aromatic carbocycles. The Balaban J connectivity index is 1.66. The number of phosphoric acid groups is 1. The van der Waals surface area contributed by atoms with Gasteiger partial charge in [0, 0.05) is 13.0 Å². The Morgan fingerprint density at radius 2 is 1.70 bits per heavy atom. The molecule has 18 heteroatoms. The molecule has 2 aliphatic heterocycles. The molecular weight excluding hydrogens is 627 g/mol. The molecule has 5 atom stereocenters. The molecule has 0 spiro atoms. The lowest BCUT2D eigenvalue weighted by Gasteiger charge is -2.28. The summed E-state index contributed by atoms with van der Waals surface area (Å²) < 4.78 is 15.6. The number of carboxylic acid groups (broad SMARTS) is 1. The highest BCUT2D eigenvalue weighted by Crippen LogP contribution is 2.37. The van der Waals surface area contributed by atoms with E-state index in [0.717, 1.165) is 6.42 Å². The number of likely N-dealkylation sites (tertiary alicyclic amines) is 1. The summed E-state index contributed by atoms with van der Waals surface area (Å²) >= 11 is 0. The van der Waals surface area contributed by atoms with Gasteiger partial charge in [-0.15, -0.1) is 0 Å². The molecule has 2 saturated heterocycles. The van der Waals surface area contributed by atoms with Crippen LogP contribution in [-0.4, -0.2) is 105 Å². The maximum absolute atomic E-state index is 13.3. The van der Waals surface area contributed by atoms with Crippen molar-refractivity contribution in [2.75, 3.05) is 19.6 Å². The summed E-state index contributed by atoms with van der Waals surface area (Å²) in [5, 5.41) is 22.6. The first-order chi connectivity index (χ1) is 21.7. The van der Waals surface area contributed by atoms with E-state index >= 15 is 0 Å². The van der Waals surface area contributed by atoms with Crippen molar-refractivity contribution >= 4 is 43.3 Å². The second-order valence-electron chi connectivity index (χ2n) is 11.1. The fraction of sp³-hybridized carbons (Fsp3) is 0.571. The van der Waals surface area contributed by atoms with E-state index in [-0.39, 0.29) is 31.0 Å². The molecule has 0 aliphatic carbocycles. The molecule has 3 rings (SSSR count). The van der Waals surface area contributed by atoms with E-state index < -0.39 is 74.2 Å². The van der Waals surface area contributed by atoms with Gasteiger partial charge in [0.2, 0.25) is 29.5 Å². The number of carbonyl (C=O) groups excluding carboxylic acids is 5. The molecule has 0 bridgehead atoms. The van der Waals surface area contributed by atoms with Crippen molar-refractivity contribution in [1.82, 2.24) is 31.5 Å². The van der Waals surface area contributed by atoms with Gasteiger partial charge in [-0.05, 0) is 63.3 Å². The third kappa shape index (κ3) is 10.8. The van der Waals surface area contributed by atoms with E-state index in [1.165, 1.54) is 36.1 Å². The minimum Gasteiger partial charge on any atom is -0.480 e. The zero-order chi connectivity index (χ0) is 34.0. The number of carbonyl (C=O) groups is 6. The summed E-state index contributed by atoms with van der Waals surface area (Å²) in [6, 6.07) is 0.575. The van der Waals surface area contributed by atoms with Crippen LogP contribution in [0.1, 0.15) is 51.5 Å². The van der Waals surface area contributed by atoms with Crippen LogP contribution in [0.5, 0.6) is 5.75 Å². The molecule has 5 amide bonds. The number of rotatable bonds is 15. The van der Waals surface area contributed by atoms with Gasteiger partial charge in [-0.1, -0.05) is 19.1 Å². The van der Waals surface area contributed by atoms with Crippen LogP contribution >= 0.6 is 7.82 Å². The quantitative estimate of drug-likeness (QED) is 0.0998. The molecule has 1 aromatic rings. The maximum atomic E-state index is 13.3. The van der Waals surface area contributed by atoms with Crippen LogP contribution in [-0.2, 0) is 39.8 Å². The zero-order valence-corrected chi connectivity index (χ0v) is 26.5. The van der Waals surface area contributed by atoms with Crippen molar-refractivity contribution in [2.45, 2.75) is 82.6 Å². The average molecular weight is 669 g/mol. The molecular formula is C28H41N6O11P. The van der Waals surface area contributed by atoms with Crippen molar-refractivity contribution < 1.29 is 52.7 Å². The van der Waals surface area contributed by atoms with Crippen molar-refractivity contribution in [3.8, 4) is 5.75 Å². The van der Waals surface area contributed by atoms with E-state index in [9.17, 15) is 38.4 Å². The van der Waals surface area contributed by atoms with Crippen LogP contribution in [0.15, 0.2) is 24.3 Å². The Kier molecular flexibility index (Phi) is 13.1. The number of aliphatic carboxylic acids is 1. The van der Waals surface area contributed by atoms with Gasteiger partial charge in [-0.3, -0.25) is 33.8 Å². The molecule has 46 heavy (non-hydrogen) atoms. The van der Waals surface area contributed by atoms with Crippen molar-refractivity contribution in [3.63, 3.8) is 0 Å². The minimum absolute atomic E-state index is 0.109. The summed E-state index contributed by atoms with van der Waals surface area (Å²) in [6.07, 6.45) is 2.35. The van der Waals surface area contributed by atoms with Gasteiger partial charge in [0.15, 0.2) is 0 Å². The molecule has 254 valence electrons. The summed E-state index contributed by atoms with van der Waals surface area (Å²) in [5.74, 6) is -4.30. The number of benzene rings is 1. The summed E-state index contributed by atoms with van der Waals surface area (Å²) in [7, 11) is -4.80. The Bertz CT molecular complexity index is 1330. The van der Waals surface area contributed by atoms with Crippen LogP contribution in [0.3, 0.4) is 0 Å². The lowest BCUT2D eigenvalue weighted by molar-refractivity contribution is -0.149. The summed E-state index contributed by atoms with van der Waals surface area (Å²) in [5.41, 5.74) is 0.463. The minimum atomic E-state index is -4.80. The highest BCUT2D eigenvalue weighted by Gasteiger charge is 2.37. The van der Waals surface area contributed by atoms with E-state index in [1.807, 2.05) is 0 Å². The monoisotopic (exact) mass is 668 g/mol. The van der Waals surface area contributed by atoms with Gasteiger partial charge in [-0.2, -0.15) is 0 Å². The lowest BCUT2D eigenvalue weighted by atomic mass is 10.0. The van der Waals surface area contributed by atoms with Gasteiger partial charge in [0.1, 0.15) is 29.9 Å². The molecule has 0 aromatic heterocycles. The fourth-order valence-corrected chi connectivity index (χ4v) is 5.61. The molecule has 2 heterocycles. The lowest BCUT2D eigenvalue weighted by Crippen LogP contribution is -2.57. The Morgan fingerprint density at radius 3 is 2.28 bits per heavy atom. The van der Waals surface area contributed by atoms with Gasteiger partial charge >= 0.3 is 13.8 Å². The Hall–Kier alpha value is -4.05. The van der Waals surface area contributed by atoms with E-state index in [4.69, 9.17) is 9.79 Å². The predicted molar refractivity (Wildman–Crippen MR) is 161 cm³/mol. The largest absolute Gasteiger partial charge is 0.524 e. The SMILES string of the molecule is CC[C@H](NC(=O)[C@H](C)NC(=O)[C@H](Cc1ccc(OP(=O)(O)O)cc1)NC(=O)CNC(=O)[C@@H]1CCCN1)C(=O)N1CCC[C@H]1C(=O)O. The second-order valence-corrected chi connectivity index (χ2v) is 12.3. The first-order valence-corrected chi connectivity index (χ1v) is 16.5. The average Bonchev–Trinajstić information content (AvgIpc) is 3.71. The summed E-state index contributed by atoms with van der Waals surface area (Å²) in [4.78, 5) is 95.2. The summed E-state index contributed by atoms with van der Waals surface area (Å²) in [6.45, 7) is 3.55. The van der Waals surface area contributed by atoms with Crippen LogP contribution < -0.4 is 31.1 Å². The van der Waals surface area contributed by atoms with Crippen molar-refractivity contribution in [3.05, 3.63) is 29.8 Å². The highest BCUT2D eigenvalue weighted by molar-refractivity contribution is 7.46. The van der Waals surface area contributed by atoms with E-state index in [2.05, 4.69) is 31.1 Å². The number of nitrogens with one attached hydrogen (secondary N) is 5. The molecule has 0 radical (unpaired) electrons. The number of hydrogen-bond acceptors (Lipinski definition) is 9. The van der Waals surface area contributed by atoms with Gasteiger partial charge in [0.25, 0.3) is 0 Å². The first kappa shape index (κ1) is 36.4. The van der Waals surface area contributed by atoms with Crippen LogP contribution in [0, 0.1) is 0 Å². The van der Waals surface area contributed by atoms with Gasteiger partial charge < -0.3 is 41.1 Å². The molecule has 0 saturated carbocycles. The number of nitrogens with zero attached hydrogens (tertiary/aromatic N) is 1. The van der Waals surface area contributed by atoms with E-state index in [0.29, 0.717) is 31.4 Å². The molecule has 2 fully saturated rings. The highest BCUT2D eigenvalue weighted by atomic mass is 31.2. The topological polar surface area (TPSA) is 253 Å². The Labute approximate surface area is 265 Å². The smallest absolute Gasteiger partial charge is 0.480 e. The number of carboxylic acids is 1. The molecule has 0 unspecified atom stereocenters. The molecule has 8 N–H and O–H groups in total. The fourth-order valence-electron chi connectivity index (χ4n) is 5.22. The van der Waals surface area contributed by atoms with Crippen LogP contribution in [0.4, 0.5) is 0 Å². The number of amides is 5. The normalized spacial score (nSPS) is 19.8. The third-order valence-corrected chi connectivity index (χ3v) is 8.08. The maximum Gasteiger partial charge on any atom is 0.524 e. The molecule has 2 aliphatic rings. The first-order valence-electron chi connectivity index (χ1n) is 15.0. The standard InChI is InChI=1S/C28H41N6O11P/c1-3-19(27(39)34-13-5-7-22(34)28(40)41)33-24(36)16(2)31-26(38)21(14-17-8-10-18(11-9-17)45-46(42,43)44)32-23(35)15-30-25(37)20-6-4-12-29-20/h8-11,16,19-22,29H,3-7,12-15H2,1-2H3,(H,30,37)(H,31,38)(H,32,35)(H,33,36)(H,40,41)(H2,42,43,44)/t16-,19-,20-,21-,22-/m0/s1. The zero-order valence-electron chi connectivity index (χ0n) is 25.6. The van der Waals surface area contributed by atoms with Gasteiger partial charge in [-0.25, -0.2) is 9.36 Å². The van der Waals surface area contributed by atoms with Crippen molar-refractivity contribution in [2.24, 2.45) is 0 Å². The Morgan fingerprint density at radius 1 is 1.00 bits per heavy atom.